The van der Waals surface area contributed by atoms with Gasteiger partial charge >= 0.3 is 0 Å². The number of carbonyl (C=O) groups excluding carboxylic acids is 2. The molecule has 0 aliphatic heterocycles. The largest absolute Gasteiger partial charge is 0.338 e. The van der Waals surface area contributed by atoms with Crippen molar-refractivity contribution in [2.75, 3.05) is 11.9 Å². The number of hydrogen-bond donors (Lipinski definition) is 1. The number of anilines is 1. The van der Waals surface area contributed by atoms with Gasteiger partial charge in [0.15, 0.2) is 0 Å². The second-order valence-electron chi connectivity index (χ2n) is 7.66. The normalized spacial score (nSPS) is 11.3. The van der Waals surface area contributed by atoms with Crippen molar-refractivity contribution < 1.29 is 9.59 Å². The average Bonchev–Trinajstić information content (AvgIpc) is 2.66. The molecule has 0 fully saturated rings. The fourth-order valence-corrected chi connectivity index (χ4v) is 2.86. The Morgan fingerprint density at radius 2 is 1.59 bits per heavy atom. The van der Waals surface area contributed by atoms with Crippen LogP contribution in [0.25, 0.3) is 0 Å². The van der Waals surface area contributed by atoms with E-state index in [2.05, 4.69) is 19.2 Å². The molecule has 0 aromatic heterocycles. The first-order valence-electron chi connectivity index (χ1n) is 9.50. The summed E-state index contributed by atoms with van der Waals surface area (Å²) in [5, 5.41) is 2.89. The number of nitrogens with one attached hydrogen (secondary N) is 1. The van der Waals surface area contributed by atoms with Crippen molar-refractivity contribution in [1.82, 2.24) is 4.90 Å². The summed E-state index contributed by atoms with van der Waals surface area (Å²) in [7, 11) is 0. The summed E-state index contributed by atoms with van der Waals surface area (Å²) in [5.41, 5.74) is 1.81. The van der Waals surface area contributed by atoms with Gasteiger partial charge in [0.25, 0.3) is 0 Å². The summed E-state index contributed by atoms with van der Waals surface area (Å²) in [6.07, 6.45) is 0. The summed E-state index contributed by atoms with van der Waals surface area (Å²) < 4.78 is 0. The molecule has 0 aliphatic rings. The molecule has 4 heteroatoms. The Morgan fingerprint density at radius 3 is 2.11 bits per heavy atom. The molecule has 2 amide bonds. The molecule has 0 aliphatic carbocycles. The second kappa shape index (κ2) is 8.85. The van der Waals surface area contributed by atoms with Gasteiger partial charge in [0, 0.05) is 18.8 Å². The molecule has 2 aromatic carbocycles. The van der Waals surface area contributed by atoms with Crippen LogP contribution < -0.4 is 5.32 Å². The number of rotatable bonds is 7. The molecule has 0 atom stereocenters. The van der Waals surface area contributed by atoms with Gasteiger partial charge in [0.05, 0.1) is 0 Å². The van der Waals surface area contributed by atoms with E-state index in [1.54, 1.807) is 18.7 Å². The first kappa shape index (κ1) is 20.7. The van der Waals surface area contributed by atoms with Gasteiger partial charge < -0.3 is 10.2 Å². The Kier molecular flexibility index (Phi) is 6.78. The van der Waals surface area contributed by atoms with Gasteiger partial charge in [-0.3, -0.25) is 9.59 Å². The van der Waals surface area contributed by atoms with Crippen molar-refractivity contribution in [2.24, 2.45) is 5.41 Å². The fraction of sp³-hybridized carbons (Fsp3) is 0.391. The molecule has 0 unspecified atom stereocenters. The summed E-state index contributed by atoms with van der Waals surface area (Å²) >= 11 is 0. The molecule has 0 heterocycles. The third-order valence-electron chi connectivity index (χ3n) is 4.82. The lowest BCUT2D eigenvalue weighted by Gasteiger charge is -2.30. The van der Waals surface area contributed by atoms with Crippen LogP contribution in [0.3, 0.4) is 0 Å². The van der Waals surface area contributed by atoms with Crippen LogP contribution in [-0.4, -0.2) is 23.3 Å². The Balaban J connectivity index is 2.09. The first-order chi connectivity index (χ1) is 12.8. The molecule has 0 saturated heterocycles. The lowest BCUT2D eigenvalue weighted by Crippen LogP contribution is -2.47. The number of amides is 2. The Morgan fingerprint density at radius 1 is 1.00 bits per heavy atom. The molecule has 0 bridgehead atoms. The maximum absolute atomic E-state index is 13.0. The van der Waals surface area contributed by atoms with E-state index in [1.165, 1.54) is 5.56 Å². The first-order valence-corrected chi connectivity index (χ1v) is 9.50. The minimum absolute atomic E-state index is 0.176. The molecule has 0 saturated carbocycles. The molecule has 144 valence electrons. The van der Waals surface area contributed by atoms with Crippen molar-refractivity contribution in [1.29, 1.82) is 0 Å². The number of hydrogen-bond acceptors (Lipinski definition) is 2. The highest BCUT2D eigenvalue weighted by molar-refractivity contribution is 6.09. The molecule has 2 aromatic rings. The molecule has 0 spiro atoms. The van der Waals surface area contributed by atoms with Gasteiger partial charge in [-0.2, -0.15) is 0 Å². The van der Waals surface area contributed by atoms with Crippen molar-refractivity contribution >= 4 is 17.5 Å². The fourth-order valence-electron chi connectivity index (χ4n) is 2.86. The Labute approximate surface area is 162 Å². The number of carbonyl (C=O) groups is 2. The lowest BCUT2D eigenvalue weighted by atomic mass is 9.89. The molecule has 0 radical (unpaired) electrons. The minimum atomic E-state index is -1.15. The van der Waals surface area contributed by atoms with Crippen molar-refractivity contribution in [2.45, 2.75) is 47.1 Å². The van der Waals surface area contributed by atoms with E-state index in [0.29, 0.717) is 24.7 Å². The predicted molar refractivity (Wildman–Crippen MR) is 110 cm³/mol. The number of nitrogens with zero attached hydrogens (tertiary/aromatic N) is 1. The monoisotopic (exact) mass is 366 g/mol. The van der Waals surface area contributed by atoms with E-state index in [-0.39, 0.29) is 11.8 Å². The maximum atomic E-state index is 13.0. The van der Waals surface area contributed by atoms with Crippen LogP contribution in [-0.2, 0) is 16.1 Å². The third kappa shape index (κ3) is 5.19. The highest BCUT2D eigenvalue weighted by Gasteiger charge is 2.38. The van der Waals surface area contributed by atoms with E-state index in [4.69, 9.17) is 0 Å². The van der Waals surface area contributed by atoms with E-state index >= 15 is 0 Å². The SMILES string of the molecule is CCN(Cc1ccccc1)C(=O)C(C)(C)C(=O)Nc1ccc(C(C)C)cc1. The smallest absolute Gasteiger partial charge is 0.239 e. The van der Waals surface area contributed by atoms with Crippen molar-refractivity contribution in [3.8, 4) is 0 Å². The highest BCUT2D eigenvalue weighted by Crippen LogP contribution is 2.24. The van der Waals surface area contributed by atoms with Gasteiger partial charge in [0.2, 0.25) is 11.8 Å². The Hall–Kier alpha value is -2.62. The predicted octanol–water partition coefficient (Wildman–Crippen LogP) is 4.82. The van der Waals surface area contributed by atoms with Gasteiger partial charge in [-0.15, -0.1) is 0 Å². The summed E-state index contributed by atoms with van der Waals surface area (Å²) in [6, 6.07) is 17.6. The molecule has 1 N–H and O–H groups in total. The topological polar surface area (TPSA) is 49.4 Å². The quantitative estimate of drug-likeness (QED) is 0.714. The zero-order chi connectivity index (χ0) is 20.0. The summed E-state index contributed by atoms with van der Waals surface area (Å²) in [6.45, 7) is 10.6. The average molecular weight is 367 g/mol. The standard InChI is InChI=1S/C23H30N2O2/c1-6-25(16-18-10-8-7-9-11-18)22(27)23(4,5)21(26)24-20-14-12-19(13-15-20)17(2)3/h7-15,17H,6,16H2,1-5H3,(H,24,26). The van der Waals surface area contributed by atoms with Crippen LogP contribution in [0, 0.1) is 5.41 Å². The second-order valence-corrected chi connectivity index (χ2v) is 7.66. The van der Waals surface area contributed by atoms with E-state index in [0.717, 1.165) is 5.56 Å². The van der Waals surface area contributed by atoms with Gasteiger partial charge in [-0.1, -0.05) is 56.3 Å². The van der Waals surface area contributed by atoms with Crippen LogP contribution in [0.2, 0.25) is 0 Å². The van der Waals surface area contributed by atoms with E-state index in [9.17, 15) is 9.59 Å². The van der Waals surface area contributed by atoms with Crippen LogP contribution in [0.4, 0.5) is 5.69 Å². The molecular weight excluding hydrogens is 336 g/mol. The van der Waals surface area contributed by atoms with Gasteiger partial charge in [-0.25, -0.2) is 0 Å². The molecular formula is C23H30N2O2. The molecule has 2 rings (SSSR count). The summed E-state index contributed by atoms with van der Waals surface area (Å²) in [4.78, 5) is 27.6. The third-order valence-corrected chi connectivity index (χ3v) is 4.82. The van der Waals surface area contributed by atoms with E-state index < -0.39 is 5.41 Å². The Bertz CT molecular complexity index is 765. The van der Waals surface area contributed by atoms with Gasteiger partial charge in [-0.05, 0) is 49.9 Å². The number of benzene rings is 2. The van der Waals surface area contributed by atoms with Crippen LogP contribution in [0.1, 0.15) is 51.7 Å². The molecule has 27 heavy (non-hydrogen) atoms. The zero-order valence-electron chi connectivity index (χ0n) is 17.0. The van der Waals surface area contributed by atoms with Crippen LogP contribution in [0.15, 0.2) is 54.6 Å². The van der Waals surface area contributed by atoms with Gasteiger partial charge in [0.1, 0.15) is 5.41 Å². The minimum Gasteiger partial charge on any atom is -0.338 e. The molecule has 4 nitrogen and oxygen atoms in total. The van der Waals surface area contributed by atoms with Crippen LogP contribution in [0.5, 0.6) is 0 Å². The van der Waals surface area contributed by atoms with Crippen molar-refractivity contribution in [3.05, 3.63) is 65.7 Å². The zero-order valence-corrected chi connectivity index (χ0v) is 17.0. The van der Waals surface area contributed by atoms with Crippen LogP contribution >= 0.6 is 0 Å². The summed E-state index contributed by atoms with van der Waals surface area (Å²) in [5.74, 6) is -0.0367. The van der Waals surface area contributed by atoms with Crippen molar-refractivity contribution in [3.63, 3.8) is 0 Å². The highest BCUT2D eigenvalue weighted by atomic mass is 16.2. The maximum Gasteiger partial charge on any atom is 0.239 e. The van der Waals surface area contributed by atoms with E-state index in [1.807, 2.05) is 61.5 Å². The lowest BCUT2D eigenvalue weighted by molar-refractivity contribution is -0.146.